The number of allylic oxidation sites excluding steroid dienone is 6. The molecule has 0 amide bonds. The van der Waals surface area contributed by atoms with Crippen LogP contribution in [0, 0.1) is 0 Å². The minimum Gasteiger partial charge on any atom is -0.477 e. The van der Waals surface area contributed by atoms with Gasteiger partial charge < -0.3 is 28.5 Å². The molecule has 584 valence electrons. The van der Waals surface area contributed by atoms with Crippen molar-refractivity contribution in [2.45, 2.75) is 476 Å². The summed E-state index contributed by atoms with van der Waals surface area (Å²) in [7, 11) is 6.01. The Labute approximate surface area is 617 Å². The number of rotatable bonds is 84. The SMILES string of the molecule is CCCCCCC/C=C\C/C=C\CCCCCCCCCCCCCCCCCCCCCCCCCCCC(=O)OC(COC(=O)CCCCCCCCCCCCCCCCCCCCCCCCCCC/C=C\CCCCCCCCCC)COC(OCC[N+](C)(C)C)C(=O)O. The van der Waals surface area contributed by atoms with Gasteiger partial charge in [0.05, 0.1) is 34.4 Å². The fourth-order valence-corrected chi connectivity index (χ4v) is 13.6. The predicted octanol–water partition coefficient (Wildman–Crippen LogP) is 28.6. The summed E-state index contributed by atoms with van der Waals surface area (Å²) in [5.41, 5.74) is 0. The van der Waals surface area contributed by atoms with Crippen LogP contribution in [0.15, 0.2) is 36.5 Å². The Morgan fingerprint density at radius 3 is 0.808 bits per heavy atom. The van der Waals surface area contributed by atoms with Crippen molar-refractivity contribution in [2.75, 3.05) is 47.5 Å². The highest BCUT2D eigenvalue weighted by Crippen LogP contribution is 2.21. The topological polar surface area (TPSA) is 108 Å². The molecule has 1 N–H and O–H groups in total. The summed E-state index contributed by atoms with van der Waals surface area (Å²) >= 11 is 0. The van der Waals surface area contributed by atoms with Crippen LogP contribution in [-0.4, -0.2) is 87.4 Å². The van der Waals surface area contributed by atoms with Gasteiger partial charge in [-0.2, -0.15) is 0 Å². The molecule has 0 saturated heterocycles. The second-order valence-electron chi connectivity index (χ2n) is 31.6. The monoisotopic (exact) mass is 1400 g/mol. The molecule has 2 atom stereocenters. The van der Waals surface area contributed by atoms with Crippen LogP contribution in [0.5, 0.6) is 0 Å². The fraction of sp³-hybridized carbons (Fsp3) is 0.900. The van der Waals surface area contributed by atoms with Crippen LogP contribution < -0.4 is 0 Å². The van der Waals surface area contributed by atoms with Crippen molar-refractivity contribution in [1.82, 2.24) is 0 Å². The standard InChI is InChI=1S/C90H171NO8/c1-6-8-10-12-14-16-18-20-22-24-26-28-30-32-34-36-38-40-42-44-46-48-50-52-54-56-58-60-62-64-66-68-70-72-74-76-78-80-87(92)97-84-86(85-98-90(89(94)95)96-83-82-91(3,4)5)99-88(93)81-79-77-75-73-71-69-67-65-63-61-59-57-55-53-51-49-47-45-43-41-39-37-35-33-31-29-27-25-23-21-19-17-15-13-11-9-7-2/h19,21,24-27,86,90H,6-18,20,22-23,28-85H2,1-5H3/p+1/b21-19-,26-24-,27-25-. The Morgan fingerprint density at radius 2 is 0.545 bits per heavy atom. The number of carboxylic acid groups (broad SMARTS) is 1. The van der Waals surface area contributed by atoms with Gasteiger partial charge in [-0.25, -0.2) is 4.79 Å². The number of carbonyl (C=O) groups is 3. The van der Waals surface area contributed by atoms with Crippen molar-refractivity contribution in [3.63, 3.8) is 0 Å². The zero-order valence-electron chi connectivity index (χ0n) is 67.2. The number of quaternary nitrogens is 1. The summed E-state index contributed by atoms with van der Waals surface area (Å²) in [6.45, 7) is 4.96. The molecule has 0 aromatic heterocycles. The molecular weight excluding hydrogens is 1220 g/mol. The zero-order valence-corrected chi connectivity index (χ0v) is 67.2. The van der Waals surface area contributed by atoms with Gasteiger partial charge in [-0.3, -0.25) is 9.59 Å². The Morgan fingerprint density at radius 1 is 0.303 bits per heavy atom. The first-order valence-corrected chi connectivity index (χ1v) is 44.2. The van der Waals surface area contributed by atoms with Crippen molar-refractivity contribution in [2.24, 2.45) is 0 Å². The van der Waals surface area contributed by atoms with Crippen LogP contribution in [0.25, 0.3) is 0 Å². The first kappa shape index (κ1) is 96.5. The molecule has 0 aromatic rings. The minimum atomic E-state index is -1.51. The predicted molar refractivity (Wildman–Crippen MR) is 429 cm³/mol. The smallest absolute Gasteiger partial charge is 0.361 e. The van der Waals surface area contributed by atoms with Crippen molar-refractivity contribution < 1.29 is 42.9 Å². The van der Waals surface area contributed by atoms with Gasteiger partial charge in [0, 0.05) is 12.8 Å². The number of aliphatic carboxylic acids is 1. The molecule has 9 heteroatoms. The maximum Gasteiger partial charge on any atom is 0.361 e. The quantitative estimate of drug-likeness (QED) is 0.0211. The highest BCUT2D eigenvalue weighted by atomic mass is 16.7. The van der Waals surface area contributed by atoms with Gasteiger partial charge in [-0.1, -0.05) is 416 Å². The van der Waals surface area contributed by atoms with Gasteiger partial charge in [-0.05, 0) is 70.6 Å². The third-order valence-electron chi connectivity index (χ3n) is 20.4. The van der Waals surface area contributed by atoms with E-state index in [2.05, 4.69) is 50.3 Å². The van der Waals surface area contributed by atoms with E-state index in [0.29, 0.717) is 17.4 Å². The maximum atomic E-state index is 13.0. The van der Waals surface area contributed by atoms with E-state index in [1.54, 1.807) is 0 Å². The number of unbranched alkanes of at least 4 members (excludes halogenated alkanes) is 63. The first-order valence-electron chi connectivity index (χ1n) is 44.2. The van der Waals surface area contributed by atoms with Crippen LogP contribution in [0.3, 0.4) is 0 Å². The zero-order chi connectivity index (χ0) is 71.8. The van der Waals surface area contributed by atoms with E-state index in [1.165, 1.54) is 392 Å². The Balaban J connectivity index is 3.90. The van der Waals surface area contributed by atoms with Crippen molar-refractivity contribution in [3.8, 4) is 0 Å². The lowest BCUT2D eigenvalue weighted by atomic mass is 10.0. The average Bonchev–Trinajstić information content (AvgIpc) is 2.19. The van der Waals surface area contributed by atoms with Crippen LogP contribution in [0.4, 0.5) is 0 Å². The van der Waals surface area contributed by atoms with E-state index in [0.717, 1.165) is 44.9 Å². The van der Waals surface area contributed by atoms with E-state index >= 15 is 0 Å². The number of likely N-dealkylation sites (N-methyl/N-ethyl adjacent to an activating group) is 1. The number of esters is 2. The van der Waals surface area contributed by atoms with Gasteiger partial charge in [0.2, 0.25) is 0 Å². The molecule has 2 unspecified atom stereocenters. The van der Waals surface area contributed by atoms with Crippen molar-refractivity contribution in [1.29, 1.82) is 0 Å². The molecule has 0 aliphatic heterocycles. The number of hydrogen-bond donors (Lipinski definition) is 1. The highest BCUT2D eigenvalue weighted by molar-refractivity contribution is 5.71. The molecule has 0 rings (SSSR count). The Hall–Kier alpha value is -2.49. The van der Waals surface area contributed by atoms with E-state index in [1.807, 2.05) is 21.1 Å². The number of ether oxygens (including phenoxy) is 4. The van der Waals surface area contributed by atoms with E-state index < -0.39 is 18.4 Å². The maximum absolute atomic E-state index is 13.0. The van der Waals surface area contributed by atoms with Crippen LogP contribution in [-0.2, 0) is 33.3 Å². The van der Waals surface area contributed by atoms with E-state index in [-0.39, 0.29) is 38.2 Å². The summed E-state index contributed by atoms with van der Waals surface area (Å²) in [5, 5.41) is 9.79. The number of carboxylic acids is 1. The molecule has 0 aliphatic carbocycles. The largest absolute Gasteiger partial charge is 0.477 e. The lowest BCUT2D eigenvalue weighted by molar-refractivity contribution is -0.870. The van der Waals surface area contributed by atoms with Crippen LogP contribution >= 0.6 is 0 Å². The molecule has 0 bridgehead atoms. The Bertz CT molecular complexity index is 1720. The number of nitrogens with zero attached hydrogens (tertiary/aromatic N) is 1. The summed E-state index contributed by atoms with van der Waals surface area (Å²) in [6.07, 6.45) is 103. The summed E-state index contributed by atoms with van der Waals surface area (Å²) in [5.74, 6) is -1.96. The van der Waals surface area contributed by atoms with Crippen LogP contribution in [0.1, 0.15) is 463 Å². The highest BCUT2D eigenvalue weighted by Gasteiger charge is 2.25. The third-order valence-corrected chi connectivity index (χ3v) is 20.4. The van der Waals surface area contributed by atoms with Gasteiger partial charge in [0.1, 0.15) is 13.2 Å². The first-order chi connectivity index (χ1) is 48.6. The van der Waals surface area contributed by atoms with Crippen molar-refractivity contribution in [3.05, 3.63) is 36.5 Å². The normalized spacial score (nSPS) is 12.7. The third kappa shape index (κ3) is 82.7. The van der Waals surface area contributed by atoms with Gasteiger partial charge in [0.15, 0.2) is 6.10 Å². The number of carbonyl (C=O) groups excluding carboxylic acids is 2. The van der Waals surface area contributed by atoms with Gasteiger partial charge in [-0.15, -0.1) is 0 Å². The molecular formula is C90H172NO8+. The van der Waals surface area contributed by atoms with E-state index in [4.69, 9.17) is 18.9 Å². The summed E-state index contributed by atoms with van der Waals surface area (Å²) < 4.78 is 23.1. The second kappa shape index (κ2) is 81.2. The summed E-state index contributed by atoms with van der Waals surface area (Å²) in [6, 6.07) is 0. The molecule has 0 heterocycles. The fourth-order valence-electron chi connectivity index (χ4n) is 13.6. The molecule has 0 radical (unpaired) electrons. The number of hydrogen-bond acceptors (Lipinski definition) is 7. The lowest BCUT2D eigenvalue weighted by Gasteiger charge is -2.25. The Kier molecular flexibility index (Phi) is 79.1. The van der Waals surface area contributed by atoms with Gasteiger partial charge >= 0.3 is 17.9 Å². The van der Waals surface area contributed by atoms with Gasteiger partial charge in [0.25, 0.3) is 6.29 Å². The molecule has 99 heavy (non-hydrogen) atoms. The minimum absolute atomic E-state index is 0.174. The van der Waals surface area contributed by atoms with E-state index in [9.17, 15) is 19.5 Å². The second-order valence-corrected chi connectivity index (χ2v) is 31.6. The molecule has 9 nitrogen and oxygen atoms in total. The van der Waals surface area contributed by atoms with Crippen LogP contribution in [0.2, 0.25) is 0 Å². The molecule has 0 spiro atoms. The average molecular weight is 1400 g/mol. The molecule has 0 aliphatic rings. The molecule has 0 saturated carbocycles. The molecule has 0 fully saturated rings. The lowest BCUT2D eigenvalue weighted by Crippen LogP contribution is -2.40. The van der Waals surface area contributed by atoms with Crippen molar-refractivity contribution >= 4 is 17.9 Å². The molecule has 0 aromatic carbocycles. The summed E-state index contributed by atoms with van der Waals surface area (Å²) in [4.78, 5) is 37.8.